The van der Waals surface area contributed by atoms with Gasteiger partial charge in [0.25, 0.3) is 5.89 Å². The zero-order chi connectivity index (χ0) is 12.4. The summed E-state index contributed by atoms with van der Waals surface area (Å²) in [5.41, 5.74) is 6.62. The molecule has 3 aromatic rings. The third-order valence-corrected chi connectivity index (χ3v) is 2.25. The molecule has 0 fully saturated rings. The van der Waals surface area contributed by atoms with Gasteiger partial charge < -0.3 is 10.3 Å². The summed E-state index contributed by atoms with van der Waals surface area (Å²) in [6.07, 6.45) is 2.17. The number of nitrogens with zero attached hydrogens (tertiary/aromatic N) is 5. The lowest BCUT2D eigenvalue weighted by molar-refractivity contribution is 0.308. The number of hydrogen-bond donors (Lipinski definition) is 1. The lowest BCUT2D eigenvalue weighted by Crippen LogP contribution is -1.93. The van der Waals surface area contributed by atoms with Gasteiger partial charge in [0.2, 0.25) is 11.5 Å². The minimum absolute atomic E-state index is 0.114. The Morgan fingerprint density at radius 2 is 2.11 bits per heavy atom. The van der Waals surface area contributed by atoms with Crippen LogP contribution in [0.1, 0.15) is 11.5 Å². The van der Waals surface area contributed by atoms with Crippen molar-refractivity contribution in [2.24, 2.45) is 0 Å². The van der Waals surface area contributed by atoms with Gasteiger partial charge in [-0.2, -0.15) is 4.98 Å². The summed E-state index contributed by atoms with van der Waals surface area (Å²) < 4.78 is 9.49. The molecule has 3 heterocycles. The van der Waals surface area contributed by atoms with Crippen LogP contribution in [0.3, 0.4) is 0 Å². The monoisotopic (exact) mass is 244 g/mol. The standard InChI is InChI=1S/C10H8N6O2/c11-9-8(15-18-16-9)10-13-7(14-17-10)5-6-3-1-2-4-12-6/h1-4H,5H2,(H2,11,16). The highest BCUT2D eigenvalue weighted by Gasteiger charge is 2.17. The van der Waals surface area contributed by atoms with E-state index in [1.807, 2.05) is 18.2 Å². The Labute approximate surface area is 101 Å². The maximum absolute atomic E-state index is 5.53. The zero-order valence-electron chi connectivity index (χ0n) is 9.15. The van der Waals surface area contributed by atoms with Crippen molar-refractivity contribution in [3.05, 3.63) is 35.9 Å². The van der Waals surface area contributed by atoms with Gasteiger partial charge in [-0.05, 0) is 22.4 Å². The summed E-state index contributed by atoms with van der Waals surface area (Å²) in [4.78, 5) is 8.32. The van der Waals surface area contributed by atoms with Crippen molar-refractivity contribution >= 4 is 5.82 Å². The van der Waals surface area contributed by atoms with Crippen molar-refractivity contribution < 1.29 is 9.15 Å². The van der Waals surface area contributed by atoms with Gasteiger partial charge in [0, 0.05) is 11.9 Å². The third-order valence-electron chi connectivity index (χ3n) is 2.25. The van der Waals surface area contributed by atoms with Crippen LogP contribution in [0, 0.1) is 0 Å². The van der Waals surface area contributed by atoms with E-state index >= 15 is 0 Å². The van der Waals surface area contributed by atoms with Gasteiger partial charge in [-0.25, -0.2) is 4.63 Å². The van der Waals surface area contributed by atoms with Crippen LogP contribution >= 0.6 is 0 Å². The molecule has 0 aliphatic rings. The molecule has 0 saturated carbocycles. The summed E-state index contributed by atoms with van der Waals surface area (Å²) in [6.45, 7) is 0. The summed E-state index contributed by atoms with van der Waals surface area (Å²) in [6, 6.07) is 5.61. The summed E-state index contributed by atoms with van der Waals surface area (Å²) in [5.74, 6) is 0.786. The van der Waals surface area contributed by atoms with Crippen LogP contribution in [-0.4, -0.2) is 25.4 Å². The second-order valence-electron chi connectivity index (χ2n) is 3.51. The first kappa shape index (κ1) is 10.4. The van der Waals surface area contributed by atoms with Gasteiger partial charge in [0.1, 0.15) is 0 Å². The summed E-state index contributed by atoms with van der Waals surface area (Å²) in [5, 5.41) is 10.8. The summed E-state index contributed by atoms with van der Waals surface area (Å²) >= 11 is 0. The molecule has 2 N–H and O–H groups in total. The van der Waals surface area contributed by atoms with Crippen molar-refractivity contribution in [1.82, 2.24) is 25.4 Å². The van der Waals surface area contributed by atoms with Crippen LogP contribution < -0.4 is 5.73 Å². The van der Waals surface area contributed by atoms with Crippen molar-refractivity contribution in [3.8, 4) is 11.6 Å². The average molecular weight is 244 g/mol. The fourth-order valence-corrected chi connectivity index (χ4v) is 1.43. The molecule has 0 amide bonds. The van der Waals surface area contributed by atoms with Gasteiger partial charge in [0.15, 0.2) is 5.82 Å². The number of nitrogens with two attached hydrogens (primary N) is 1. The quantitative estimate of drug-likeness (QED) is 0.714. The molecular weight excluding hydrogens is 236 g/mol. The van der Waals surface area contributed by atoms with Crippen LogP contribution in [0.15, 0.2) is 33.5 Å². The molecule has 3 rings (SSSR count). The van der Waals surface area contributed by atoms with Crippen LogP contribution in [0.2, 0.25) is 0 Å². The Morgan fingerprint density at radius 3 is 2.83 bits per heavy atom. The number of anilines is 1. The van der Waals surface area contributed by atoms with Crippen LogP contribution in [0.4, 0.5) is 5.82 Å². The van der Waals surface area contributed by atoms with Gasteiger partial charge in [-0.1, -0.05) is 11.2 Å². The van der Waals surface area contributed by atoms with Gasteiger partial charge in [-0.3, -0.25) is 4.98 Å². The molecule has 18 heavy (non-hydrogen) atoms. The maximum Gasteiger partial charge on any atom is 0.284 e. The fraction of sp³-hybridized carbons (Fsp3) is 0.100. The van der Waals surface area contributed by atoms with Crippen LogP contribution in [0.5, 0.6) is 0 Å². The topological polar surface area (TPSA) is 117 Å². The first-order valence-corrected chi connectivity index (χ1v) is 5.14. The molecule has 0 saturated heterocycles. The smallest absolute Gasteiger partial charge is 0.284 e. The van der Waals surface area contributed by atoms with E-state index in [2.05, 4.69) is 30.1 Å². The SMILES string of the molecule is Nc1nonc1-c1nc(Cc2ccccn2)no1. The first-order valence-electron chi connectivity index (χ1n) is 5.14. The average Bonchev–Trinajstić information content (AvgIpc) is 2.99. The molecule has 0 spiro atoms. The van der Waals surface area contributed by atoms with Crippen molar-refractivity contribution in [2.45, 2.75) is 6.42 Å². The molecule has 0 aromatic carbocycles. The van der Waals surface area contributed by atoms with E-state index in [4.69, 9.17) is 10.3 Å². The summed E-state index contributed by atoms with van der Waals surface area (Å²) in [7, 11) is 0. The Kier molecular flexibility index (Phi) is 2.45. The highest BCUT2D eigenvalue weighted by Crippen LogP contribution is 2.19. The normalized spacial score (nSPS) is 10.7. The molecule has 0 atom stereocenters. The minimum atomic E-state index is 0.114. The van der Waals surface area contributed by atoms with E-state index in [9.17, 15) is 0 Å². The molecule has 3 aromatic heterocycles. The van der Waals surface area contributed by atoms with Gasteiger partial charge in [-0.15, -0.1) is 0 Å². The molecule has 0 unspecified atom stereocenters. The van der Waals surface area contributed by atoms with E-state index in [1.54, 1.807) is 6.20 Å². The minimum Gasteiger partial charge on any atom is -0.379 e. The van der Waals surface area contributed by atoms with Gasteiger partial charge in [0.05, 0.1) is 6.42 Å². The Bertz CT molecular complexity index is 647. The van der Waals surface area contributed by atoms with Crippen molar-refractivity contribution in [2.75, 3.05) is 5.73 Å². The molecule has 0 radical (unpaired) electrons. The van der Waals surface area contributed by atoms with Gasteiger partial charge >= 0.3 is 0 Å². The van der Waals surface area contributed by atoms with Crippen LogP contribution in [0.25, 0.3) is 11.6 Å². The van der Waals surface area contributed by atoms with Crippen molar-refractivity contribution in [3.63, 3.8) is 0 Å². The van der Waals surface area contributed by atoms with E-state index in [-0.39, 0.29) is 17.4 Å². The Balaban J connectivity index is 1.84. The predicted octanol–water partition coefficient (Wildman–Crippen LogP) is 0.688. The largest absolute Gasteiger partial charge is 0.379 e. The lowest BCUT2D eigenvalue weighted by Gasteiger charge is -1.92. The Hall–Kier alpha value is -2.77. The maximum atomic E-state index is 5.53. The number of aromatic nitrogens is 5. The number of hydrogen-bond acceptors (Lipinski definition) is 8. The molecule has 0 aliphatic heterocycles. The van der Waals surface area contributed by atoms with E-state index in [0.29, 0.717) is 12.2 Å². The third kappa shape index (κ3) is 1.90. The first-order chi connectivity index (χ1) is 8.83. The van der Waals surface area contributed by atoms with Crippen LogP contribution in [-0.2, 0) is 6.42 Å². The molecule has 0 bridgehead atoms. The lowest BCUT2D eigenvalue weighted by atomic mass is 10.2. The second-order valence-corrected chi connectivity index (χ2v) is 3.51. The Morgan fingerprint density at radius 1 is 1.17 bits per heavy atom. The molecule has 8 nitrogen and oxygen atoms in total. The van der Waals surface area contributed by atoms with Crippen molar-refractivity contribution in [1.29, 1.82) is 0 Å². The highest BCUT2D eigenvalue weighted by molar-refractivity contribution is 5.60. The molecule has 90 valence electrons. The number of rotatable bonds is 3. The number of nitrogen functional groups attached to an aromatic ring is 1. The van der Waals surface area contributed by atoms with E-state index in [0.717, 1.165) is 5.69 Å². The zero-order valence-corrected chi connectivity index (χ0v) is 9.15. The predicted molar refractivity (Wildman–Crippen MR) is 59.0 cm³/mol. The second kappa shape index (κ2) is 4.24. The molecule has 8 heteroatoms. The molecular formula is C10H8N6O2. The fourth-order valence-electron chi connectivity index (χ4n) is 1.43. The molecule has 0 aliphatic carbocycles. The highest BCUT2D eigenvalue weighted by atomic mass is 16.6. The van der Waals surface area contributed by atoms with E-state index in [1.165, 1.54) is 0 Å². The number of pyridine rings is 1. The van der Waals surface area contributed by atoms with E-state index < -0.39 is 0 Å².